The zero-order valence-corrected chi connectivity index (χ0v) is 24.9. The van der Waals surface area contributed by atoms with Gasteiger partial charge in [0.2, 0.25) is 21.8 Å². The average Bonchev–Trinajstić information content (AvgIpc) is 3.78. The first kappa shape index (κ1) is 31.2. The van der Waals surface area contributed by atoms with Crippen LogP contribution in [0.5, 0.6) is 0 Å². The highest BCUT2D eigenvalue weighted by atomic mass is 32.2. The van der Waals surface area contributed by atoms with Gasteiger partial charge >= 0.3 is 5.97 Å². The van der Waals surface area contributed by atoms with Gasteiger partial charge in [0, 0.05) is 25.6 Å². The van der Waals surface area contributed by atoms with Crippen LogP contribution in [0.3, 0.4) is 0 Å². The smallest absolute Gasteiger partial charge is 0.332 e. The number of hydrogen-bond acceptors (Lipinski definition) is 7. The molecule has 1 unspecified atom stereocenters. The summed E-state index contributed by atoms with van der Waals surface area (Å²) in [5.74, 6) is -2.74. The summed E-state index contributed by atoms with van der Waals surface area (Å²) in [5, 5.41) is 9.47. The number of carbonyl (C=O) groups excluding carboxylic acids is 3. The second-order valence-corrected chi connectivity index (χ2v) is 13.0. The van der Waals surface area contributed by atoms with Crippen LogP contribution in [0, 0.1) is 17.2 Å². The van der Waals surface area contributed by atoms with Gasteiger partial charge in [-0.2, -0.15) is 4.72 Å². The Labute approximate surface area is 246 Å². The maximum absolute atomic E-state index is 14.4. The van der Waals surface area contributed by atoms with Gasteiger partial charge in [0.1, 0.15) is 11.6 Å². The molecule has 0 spiro atoms. The van der Waals surface area contributed by atoms with E-state index in [1.807, 2.05) is 12.1 Å². The largest absolute Gasteiger partial charge is 0.464 e. The van der Waals surface area contributed by atoms with E-state index >= 15 is 0 Å². The first-order valence-electron chi connectivity index (χ1n) is 14.2. The first-order chi connectivity index (χ1) is 19.9. The molecule has 228 valence electrons. The summed E-state index contributed by atoms with van der Waals surface area (Å²) in [4.78, 5) is 43.2. The predicted octanol–water partition coefficient (Wildman–Crippen LogP) is 1.53. The number of carbonyl (C=O) groups is 3. The highest BCUT2D eigenvalue weighted by Crippen LogP contribution is 2.39. The van der Waals surface area contributed by atoms with Crippen LogP contribution in [0.4, 0.5) is 0 Å². The average molecular weight is 601 g/mol. The highest BCUT2D eigenvalue weighted by molar-refractivity contribution is 7.89. The van der Waals surface area contributed by atoms with Crippen molar-refractivity contribution in [2.45, 2.75) is 62.4 Å². The molecule has 1 saturated heterocycles. The number of rotatable bonds is 12. The van der Waals surface area contributed by atoms with E-state index in [1.54, 1.807) is 36.9 Å². The third-order valence-electron chi connectivity index (χ3n) is 8.24. The number of esters is 1. The number of amides is 2. The van der Waals surface area contributed by atoms with Gasteiger partial charge in [0.05, 0.1) is 17.9 Å². The van der Waals surface area contributed by atoms with Crippen molar-refractivity contribution in [3.05, 3.63) is 42.5 Å². The van der Waals surface area contributed by atoms with E-state index in [9.17, 15) is 22.8 Å². The number of guanidine groups is 1. The van der Waals surface area contributed by atoms with Crippen LogP contribution in [-0.4, -0.2) is 79.8 Å². The molecule has 0 aromatic heterocycles. The molecular formula is C29H40N6O6S. The van der Waals surface area contributed by atoms with Crippen molar-refractivity contribution in [1.82, 2.24) is 14.5 Å². The number of hydrogen-bond donors (Lipinski definition) is 4. The number of fused-ring (bicyclic) bond motifs is 1. The summed E-state index contributed by atoms with van der Waals surface area (Å²) in [5.41, 5.74) is 9.77. The van der Waals surface area contributed by atoms with Crippen molar-refractivity contribution in [2.24, 2.45) is 23.3 Å². The molecule has 0 radical (unpaired) electrons. The second kappa shape index (κ2) is 12.7. The Kier molecular flexibility index (Phi) is 9.41. The molecule has 0 bridgehead atoms. The molecule has 42 heavy (non-hydrogen) atoms. The molecular weight excluding hydrogens is 560 g/mol. The van der Waals surface area contributed by atoms with Crippen LogP contribution in [0.15, 0.2) is 47.4 Å². The van der Waals surface area contributed by atoms with Crippen molar-refractivity contribution in [3.8, 4) is 0 Å². The summed E-state index contributed by atoms with van der Waals surface area (Å²) in [6.45, 7) is 4.32. The Morgan fingerprint density at radius 2 is 1.83 bits per heavy atom. The van der Waals surface area contributed by atoms with E-state index in [0.717, 1.165) is 18.2 Å². The number of sulfonamides is 1. The van der Waals surface area contributed by atoms with E-state index in [2.05, 4.69) is 4.72 Å². The molecule has 1 saturated carbocycles. The number of piperidine rings is 1. The van der Waals surface area contributed by atoms with E-state index in [-0.39, 0.29) is 36.5 Å². The third-order valence-corrected chi connectivity index (χ3v) is 9.71. The fourth-order valence-corrected chi connectivity index (χ4v) is 6.88. The zero-order valence-electron chi connectivity index (χ0n) is 24.0. The minimum Gasteiger partial charge on any atom is -0.464 e. The van der Waals surface area contributed by atoms with Gasteiger partial charge in [0.15, 0.2) is 5.96 Å². The normalized spacial score (nSPS) is 19.5. The fourth-order valence-electron chi connectivity index (χ4n) is 5.65. The van der Waals surface area contributed by atoms with Crippen LogP contribution in [-0.2, 0) is 29.1 Å². The molecule has 1 heterocycles. The summed E-state index contributed by atoms with van der Waals surface area (Å²) >= 11 is 0. The number of nitrogens with zero attached hydrogens (tertiary/aromatic N) is 2. The second-order valence-electron chi connectivity index (χ2n) is 11.3. The summed E-state index contributed by atoms with van der Waals surface area (Å²) in [6.07, 6.45) is 2.27. The Morgan fingerprint density at radius 3 is 2.45 bits per heavy atom. The third kappa shape index (κ3) is 6.84. The van der Waals surface area contributed by atoms with E-state index < -0.39 is 51.7 Å². The number of nitrogens with two attached hydrogens (primary N) is 2. The van der Waals surface area contributed by atoms with Crippen LogP contribution >= 0.6 is 0 Å². The molecule has 2 aromatic carbocycles. The number of ether oxygens (including phenoxy) is 1. The van der Waals surface area contributed by atoms with Gasteiger partial charge in [-0.3, -0.25) is 15.0 Å². The molecule has 3 atom stereocenters. The molecule has 2 aliphatic rings. The monoisotopic (exact) mass is 600 g/mol. The highest BCUT2D eigenvalue weighted by Gasteiger charge is 2.53. The van der Waals surface area contributed by atoms with Gasteiger partial charge in [-0.15, -0.1) is 0 Å². The number of likely N-dealkylation sites (tertiary alicyclic amines) is 1. The molecule has 13 heteroatoms. The van der Waals surface area contributed by atoms with Crippen molar-refractivity contribution >= 4 is 44.5 Å². The lowest BCUT2D eigenvalue weighted by molar-refractivity contribution is -0.169. The predicted molar refractivity (Wildman–Crippen MR) is 158 cm³/mol. The maximum atomic E-state index is 14.4. The lowest BCUT2D eigenvalue weighted by Gasteiger charge is -2.48. The first-order valence-corrected chi connectivity index (χ1v) is 15.7. The van der Waals surface area contributed by atoms with E-state index in [0.29, 0.717) is 24.8 Å². The fraction of sp³-hybridized carbons (Fsp3) is 0.517. The van der Waals surface area contributed by atoms with Gasteiger partial charge in [-0.25, -0.2) is 13.2 Å². The SMILES string of the molecule is CCOC(=O)C(C)([C@H]1CCCN(C(=N)N)C1)N(CC1CC1)C(=O)[C@H](CC(N)=O)NS(=O)(=O)c1ccc2ccccc2c1. The molecule has 1 aliphatic heterocycles. The number of nitrogens with one attached hydrogen (secondary N) is 2. The van der Waals surface area contributed by atoms with Gasteiger partial charge in [-0.05, 0) is 68.4 Å². The number of benzene rings is 2. The quantitative estimate of drug-likeness (QED) is 0.160. The molecule has 2 aromatic rings. The molecule has 12 nitrogen and oxygen atoms in total. The minimum absolute atomic E-state index is 0.0718. The molecule has 2 fully saturated rings. The summed E-state index contributed by atoms with van der Waals surface area (Å²) < 4.78 is 35.0. The van der Waals surface area contributed by atoms with Gasteiger partial charge in [-0.1, -0.05) is 30.3 Å². The van der Waals surface area contributed by atoms with Crippen molar-refractivity contribution in [3.63, 3.8) is 0 Å². The maximum Gasteiger partial charge on any atom is 0.332 e. The topological polar surface area (TPSA) is 189 Å². The Hall–Kier alpha value is -3.71. The minimum atomic E-state index is -4.28. The Bertz CT molecular complexity index is 1460. The van der Waals surface area contributed by atoms with Crippen molar-refractivity contribution in [1.29, 1.82) is 5.41 Å². The molecule has 2 amide bonds. The van der Waals surface area contributed by atoms with Gasteiger partial charge in [0.25, 0.3) is 0 Å². The Morgan fingerprint density at radius 1 is 1.14 bits per heavy atom. The number of primary amides is 1. The zero-order chi connectivity index (χ0) is 30.7. The van der Waals surface area contributed by atoms with Crippen LogP contribution < -0.4 is 16.2 Å². The van der Waals surface area contributed by atoms with E-state index in [4.69, 9.17) is 21.6 Å². The lowest BCUT2D eigenvalue weighted by Crippen LogP contribution is -2.66. The van der Waals surface area contributed by atoms with Crippen LogP contribution in [0.2, 0.25) is 0 Å². The van der Waals surface area contributed by atoms with Gasteiger partial charge < -0.3 is 26.0 Å². The van der Waals surface area contributed by atoms with Crippen molar-refractivity contribution in [2.75, 3.05) is 26.2 Å². The lowest BCUT2D eigenvalue weighted by atomic mass is 9.78. The standard InChI is InChI=1S/C29H40N6O6S/c1-3-41-27(38)29(2,22-9-6-14-34(18-22)28(31)32)35(17-19-10-11-19)26(37)24(16-25(30)36)33-42(39,40)23-13-12-20-7-4-5-8-21(20)15-23/h4-5,7-8,12-13,15,19,22,24,33H,3,6,9-11,14,16-18H2,1-2H3,(H2,30,36)(H3,31,32)/t22-,24-,29?/m0/s1. The van der Waals surface area contributed by atoms with Crippen molar-refractivity contribution < 1.29 is 27.5 Å². The van der Waals surface area contributed by atoms with E-state index in [1.165, 1.54) is 17.0 Å². The summed E-state index contributed by atoms with van der Waals surface area (Å²) in [6, 6.07) is 10.3. The Balaban J connectivity index is 1.73. The molecule has 6 N–H and O–H groups in total. The molecule has 4 rings (SSSR count). The summed E-state index contributed by atoms with van der Waals surface area (Å²) in [7, 11) is -4.28. The van der Waals surface area contributed by atoms with Crippen LogP contribution in [0.1, 0.15) is 46.0 Å². The van der Waals surface area contributed by atoms with Crippen LogP contribution in [0.25, 0.3) is 10.8 Å². The molecule has 1 aliphatic carbocycles.